The van der Waals surface area contributed by atoms with Gasteiger partial charge in [0.05, 0.1) is 5.69 Å². The summed E-state index contributed by atoms with van der Waals surface area (Å²) in [4.78, 5) is 1.69. The first-order chi connectivity index (χ1) is 7.63. The van der Waals surface area contributed by atoms with Crippen molar-refractivity contribution in [2.24, 2.45) is 0 Å². The number of nitrogens with zero attached hydrogens (tertiary/aromatic N) is 1. The highest BCUT2D eigenvalue weighted by Crippen LogP contribution is 2.37. The minimum absolute atomic E-state index is 0.603. The Bertz CT molecular complexity index is 564. The summed E-state index contributed by atoms with van der Waals surface area (Å²) in [5, 5.41) is 8.93. The van der Waals surface area contributed by atoms with Crippen molar-refractivity contribution in [3.8, 4) is 16.5 Å². The summed E-state index contributed by atoms with van der Waals surface area (Å²) in [6.45, 7) is 1.96. The first-order valence-corrected chi connectivity index (χ1v) is 6.58. The molecule has 0 atom stereocenters. The van der Waals surface area contributed by atoms with Crippen LogP contribution in [-0.4, -0.2) is 0 Å². The second-order valence-electron chi connectivity index (χ2n) is 3.42. The molecule has 2 nitrogen and oxygen atoms in total. The van der Waals surface area contributed by atoms with Crippen LogP contribution in [-0.2, 0) is 0 Å². The van der Waals surface area contributed by atoms with Gasteiger partial charge in [-0.1, -0.05) is 12.1 Å². The minimum Gasteiger partial charge on any atom is -0.397 e. The average Bonchev–Trinajstić information content (AvgIpc) is 2.57. The van der Waals surface area contributed by atoms with Crippen LogP contribution < -0.4 is 5.73 Å². The van der Waals surface area contributed by atoms with E-state index in [0.29, 0.717) is 10.6 Å². The molecule has 0 aliphatic carbocycles. The summed E-state index contributed by atoms with van der Waals surface area (Å²) in [6, 6.07) is 10.3. The predicted molar refractivity (Wildman–Crippen MR) is 76.3 cm³/mol. The second-order valence-corrected chi connectivity index (χ2v) is 5.68. The molecule has 0 unspecified atom stereocenters. The first-order valence-electron chi connectivity index (χ1n) is 4.68. The van der Waals surface area contributed by atoms with Crippen LogP contribution in [0.4, 0.5) is 5.69 Å². The molecule has 0 amide bonds. The van der Waals surface area contributed by atoms with Gasteiger partial charge in [0.25, 0.3) is 0 Å². The van der Waals surface area contributed by atoms with Crippen LogP contribution in [0.15, 0.2) is 24.3 Å². The van der Waals surface area contributed by atoms with Gasteiger partial charge in [0.2, 0.25) is 0 Å². The summed E-state index contributed by atoms with van der Waals surface area (Å²) < 4.78 is 1.20. The molecule has 0 aliphatic rings. The molecule has 0 aliphatic heterocycles. The van der Waals surface area contributed by atoms with Crippen molar-refractivity contribution < 1.29 is 0 Å². The highest BCUT2D eigenvalue weighted by molar-refractivity contribution is 14.1. The molecule has 2 rings (SSSR count). The normalized spacial score (nSPS) is 10.1. The van der Waals surface area contributed by atoms with Crippen LogP contribution in [0.25, 0.3) is 10.4 Å². The summed E-state index contributed by atoms with van der Waals surface area (Å²) in [7, 11) is 0. The molecule has 0 saturated heterocycles. The van der Waals surface area contributed by atoms with Gasteiger partial charge in [-0.05, 0) is 52.8 Å². The Hall–Kier alpha value is -1.06. The standard InChI is InChI=1S/C12H9IN2S/c1-7-11(15)10(6-14)16-12(7)8-2-4-9(13)5-3-8/h2-5H,15H2,1H3. The lowest BCUT2D eigenvalue weighted by Gasteiger charge is -2.00. The van der Waals surface area contributed by atoms with Gasteiger partial charge in [-0.2, -0.15) is 5.26 Å². The van der Waals surface area contributed by atoms with Crippen molar-refractivity contribution in [1.82, 2.24) is 0 Å². The van der Waals surface area contributed by atoms with Gasteiger partial charge in [0.1, 0.15) is 10.9 Å². The second kappa shape index (κ2) is 4.44. The van der Waals surface area contributed by atoms with E-state index in [4.69, 9.17) is 11.0 Å². The Morgan fingerprint density at radius 1 is 1.31 bits per heavy atom. The van der Waals surface area contributed by atoms with Gasteiger partial charge in [-0.25, -0.2) is 0 Å². The zero-order chi connectivity index (χ0) is 11.7. The van der Waals surface area contributed by atoms with E-state index in [2.05, 4.69) is 52.9 Å². The summed E-state index contributed by atoms with van der Waals surface area (Å²) in [5.41, 5.74) is 8.60. The molecule has 2 N–H and O–H groups in total. The molecule has 0 bridgehead atoms. The maximum Gasteiger partial charge on any atom is 0.128 e. The number of nitrogens with two attached hydrogens (primary N) is 1. The number of nitriles is 1. The lowest BCUT2D eigenvalue weighted by atomic mass is 10.1. The molecular formula is C12H9IN2S. The third-order valence-corrected chi connectivity index (χ3v) is 4.38. The van der Waals surface area contributed by atoms with E-state index >= 15 is 0 Å². The lowest BCUT2D eigenvalue weighted by Crippen LogP contribution is -1.87. The Morgan fingerprint density at radius 3 is 2.44 bits per heavy atom. The van der Waals surface area contributed by atoms with Crippen LogP contribution in [0.2, 0.25) is 0 Å². The smallest absolute Gasteiger partial charge is 0.128 e. The fourth-order valence-corrected chi connectivity index (χ4v) is 2.88. The largest absolute Gasteiger partial charge is 0.397 e. The molecule has 80 valence electrons. The third-order valence-electron chi connectivity index (χ3n) is 2.40. The van der Waals surface area contributed by atoms with Gasteiger partial charge in [0.15, 0.2) is 0 Å². The molecule has 16 heavy (non-hydrogen) atoms. The third kappa shape index (κ3) is 1.93. The minimum atomic E-state index is 0.603. The number of thiophene rings is 1. The Labute approximate surface area is 112 Å². The van der Waals surface area contributed by atoms with Crippen molar-refractivity contribution in [2.75, 3.05) is 5.73 Å². The van der Waals surface area contributed by atoms with E-state index in [-0.39, 0.29) is 0 Å². The van der Waals surface area contributed by atoms with E-state index in [1.54, 1.807) is 0 Å². The van der Waals surface area contributed by atoms with Crippen LogP contribution in [0.3, 0.4) is 0 Å². The molecule has 0 radical (unpaired) electrons. The topological polar surface area (TPSA) is 49.8 Å². The quantitative estimate of drug-likeness (QED) is 0.803. The molecule has 0 spiro atoms. The van der Waals surface area contributed by atoms with E-state index < -0.39 is 0 Å². The fourth-order valence-electron chi connectivity index (χ4n) is 1.49. The molecule has 4 heteroatoms. The molecule has 0 saturated carbocycles. The Balaban J connectivity index is 2.57. The van der Waals surface area contributed by atoms with Gasteiger partial charge in [-0.3, -0.25) is 0 Å². The average molecular weight is 340 g/mol. The van der Waals surface area contributed by atoms with Gasteiger partial charge >= 0.3 is 0 Å². The van der Waals surface area contributed by atoms with Crippen molar-refractivity contribution in [1.29, 1.82) is 5.26 Å². The number of nitrogen functional groups attached to an aromatic ring is 1. The number of hydrogen-bond acceptors (Lipinski definition) is 3. The Kier molecular flexibility index (Phi) is 3.17. The predicted octanol–water partition coefficient (Wildman–Crippen LogP) is 3.78. The summed E-state index contributed by atoms with van der Waals surface area (Å²) in [5.74, 6) is 0. The molecule has 1 aromatic heterocycles. The monoisotopic (exact) mass is 340 g/mol. The summed E-state index contributed by atoms with van der Waals surface area (Å²) >= 11 is 3.73. The van der Waals surface area contributed by atoms with Crippen molar-refractivity contribution >= 4 is 39.6 Å². The number of hydrogen-bond donors (Lipinski definition) is 1. The van der Waals surface area contributed by atoms with Gasteiger partial charge < -0.3 is 5.73 Å². The SMILES string of the molecule is Cc1c(-c2ccc(I)cc2)sc(C#N)c1N. The van der Waals surface area contributed by atoms with E-state index in [1.807, 2.05) is 6.92 Å². The van der Waals surface area contributed by atoms with Crippen LogP contribution in [0.1, 0.15) is 10.4 Å². The zero-order valence-corrected chi connectivity index (χ0v) is 11.6. The van der Waals surface area contributed by atoms with Crippen LogP contribution >= 0.6 is 33.9 Å². The number of rotatable bonds is 1. The van der Waals surface area contributed by atoms with E-state index in [9.17, 15) is 0 Å². The summed E-state index contributed by atoms with van der Waals surface area (Å²) in [6.07, 6.45) is 0. The zero-order valence-electron chi connectivity index (χ0n) is 8.62. The highest BCUT2D eigenvalue weighted by atomic mass is 127. The van der Waals surface area contributed by atoms with E-state index in [1.165, 1.54) is 14.9 Å². The Morgan fingerprint density at radius 2 is 1.94 bits per heavy atom. The lowest BCUT2D eigenvalue weighted by molar-refractivity contribution is 1.49. The maximum atomic E-state index is 8.93. The maximum absolute atomic E-state index is 8.93. The van der Waals surface area contributed by atoms with Crippen LogP contribution in [0, 0.1) is 21.8 Å². The van der Waals surface area contributed by atoms with Crippen molar-refractivity contribution in [3.63, 3.8) is 0 Å². The van der Waals surface area contributed by atoms with Gasteiger partial charge in [0, 0.05) is 8.45 Å². The number of halogens is 1. The number of anilines is 1. The molecule has 0 fully saturated rings. The fraction of sp³-hybridized carbons (Fsp3) is 0.0833. The first kappa shape index (κ1) is 11.4. The van der Waals surface area contributed by atoms with Gasteiger partial charge in [-0.15, -0.1) is 11.3 Å². The van der Waals surface area contributed by atoms with E-state index in [0.717, 1.165) is 16.0 Å². The molecule has 1 aromatic carbocycles. The highest BCUT2D eigenvalue weighted by Gasteiger charge is 2.13. The van der Waals surface area contributed by atoms with Crippen molar-refractivity contribution in [2.45, 2.75) is 6.92 Å². The molecular weight excluding hydrogens is 331 g/mol. The van der Waals surface area contributed by atoms with Crippen LogP contribution in [0.5, 0.6) is 0 Å². The van der Waals surface area contributed by atoms with Crippen molar-refractivity contribution in [3.05, 3.63) is 38.3 Å². The molecule has 2 aromatic rings. The number of benzene rings is 1. The molecule has 1 heterocycles.